The van der Waals surface area contributed by atoms with Gasteiger partial charge in [0.15, 0.2) is 23.8 Å². The second kappa shape index (κ2) is 16.4. The Kier molecular flexibility index (Phi) is 13.1. The number of fused-ring (bicyclic) bond motifs is 2. The predicted octanol–water partition coefficient (Wildman–Crippen LogP) is 5.05. The molecule has 4 rings (SSSR count). The Labute approximate surface area is 280 Å². The van der Waals surface area contributed by atoms with Gasteiger partial charge in [0.1, 0.15) is 18.7 Å². The van der Waals surface area contributed by atoms with Crippen LogP contribution in [0.15, 0.2) is 12.7 Å². The molecule has 2 aliphatic rings. The van der Waals surface area contributed by atoms with Crippen molar-refractivity contribution < 1.29 is 36.8 Å². The molecular weight excluding hydrogens is 641 g/mol. The topological polar surface area (TPSA) is 171 Å². The maximum atomic E-state index is 12.7. The quantitative estimate of drug-likeness (QED) is 0.110. The summed E-state index contributed by atoms with van der Waals surface area (Å²) in [4.78, 5) is 38.0. The number of carbonyl (C=O) groups excluding carboxylic acids is 2. The van der Waals surface area contributed by atoms with E-state index in [0.29, 0.717) is 37.3 Å². The monoisotopic (exact) mass is 694 g/mol. The van der Waals surface area contributed by atoms with Crippen molar-refractivity contribution in [2.45, 2.75) is 128 Å². The molecule has 2 aromatic rings. The molecule has 3 atom stereocenters. The number of amides is 1. The van der Waals surface area contributed by atoms with Gasteiger partial charge in [0, 0.05) is 12.8 Å². The fourth-order valence-electron chi connectivity index (χ4n) is 6.46. The number of anilines is 1. The smallest absolute Gasteiger partial charge is 0.335 e. The van der Waals surface area contributed by atoms with Gasteiger partial charge in [-0.05, 0) is 41.6 Å². The van der Waals surface area contributed by atoms with Gasteiger partial charge >= 0.3 is 23.1 Å². The fraction of sp³-hybridized carbons (Fsp3) is 0.774. The number of rotatable bonds is 15. The van der Waals surface area contributed by atoms with Gasteiger partial charge in [-0.15, -0.1) is 0 Å². The number of hydrogen-bond acceptors (Lipinski definition) is 12. The highest BCUT2D eigenvalue weighted by atomic mass is 28.5. The third kappa shape index (κ3) is 8.47. The van der Waals surface area contributed by atoms with Crippen LogP contribution in [0.5, 0.6) is 0 Å². The van der Waals surface area contributed by atoms with Crippen LogP contribution >= 0.6 is 0 Å². The molecule has 0 aliphatic carbocycles. The highest BCUT2D eigenvalue weighted by Gasteiger charge is 2.60. The molecule has 1 amide bonds. The van der Waals surface area contributed by atoms with E-state index in [1.54, 1.807) is 6.33 Å². The number of carbonyl (C=O) groups is 2. The number of hydrogen-bond donors (Lipinski definition) is 2. The van der Waals surface area contributed by atoms with Crippen LogP contribution < -0.4 is 11.1 Å². The maximum absolute atomic E-state index is 12.7. The van der Waals surface area contributed by atoms with Crippen LogP contribution in [0, 0.1) is 0 Å². The van der Waals surface area contributed by atoms with E-state index in [2.05, 4.69) is 75.7 Å². The molecule has 2 aromatic heterocycles. The first-order chi connectivity index (χ1) is 22.3. The fourth-order valence-corrected chi connectivity index (χ4v) is 17.7. The van der Waals surface area contributed by atoms with Crippen LogP contribution in [-0.2, 0) is 36.8 Å². The third-order valence-electron chi connectivity index (χ3n) is 9.06. The molecule has 0 spiro atoms. The SMILES string of the molecule is CC(C)[Si]1(C(C)C)OC[C@H]2O[C@@H](n3cnc4c(NC(=O)CCC(=O)OCOCCCCN)ncnc43)CC2O[Si](C(C)C)(C(C)C)O1. The lowest BCUT2D eigenvalue weighted by Crippen LogP contribution is -2.65. The summed E-state index contributed by atoms with van der Waals surface area (Å²) in [6.45, 7) is 18.9. The first kappa shape index (κ1) is 37.5. The molecule has 0 bridgehead atoms. The number of imidazole rings is 1. The minimum Gasteiger partial charge on any atom is -0.438 e. The Bertz CT molecular complexity index is 1330. The van der Waals surface area contributed by atoms with Crippen molar-refractivity contribution in [3.05, 3.63) is 12.7 Å². The summed E-state index contributed by atoms with van der Waals surface area (Å²) in [5, 5.41) is 2.76. The molecule has 2 aliphatic heterocycles. The van der Waals surface area contributed by atoms with E-state index in [1.165, 1.54) is 6.33 Å². The largest absolute Gasteiger partial charge is 0.438 e. The molecule has 2 saturated heterocycles. The lowest BCUT2D eigenvalue weighted by Gasteiger charge is -2.51. The molecule has 3 N–H and O–H groups in total. The Hall–Kier alpha value is -2.32. The summed E-state index contributed by atoms with van der Waals surface area (Å²) in [5.74, 6) is -0.668. The van der Waals surface area contributed by atoms with Crippen molar-refractivity contribution in [1.29, 1.82) is 0 Å². The van der Waals surface area contributed by atoms with Crippen molar-refractivity contribution in [3.8, 4) is 0 Å². The lowest BCUT2D eigenvalue weighted by molar-refractivity contribution is -0.157. The molecule has 16 heteroatoms. The second-order valence-electron chi connectivity index (χ2n) is 13.6. The van der Waals surface area contributed by atoms with Gasteiger partial charge < -0.3 is 38.2 Å². The molecule has 4 heterocycles. The van der Waals surface area contributed by atoms with Crippen LogP contribution in [0.25, 0.3) is 11.2 Å². The van der Waals surface area contributed by atoms with Gasteiger partial charge in [-0.3, -0.25) is 14.2 Å². The Morgan fingerprint density at radius 1 is 0.979 bits per heavy atom. The van der Waals surface area contributed by atoms with E-state index in [4.69, 9.17) is 32.9 Å². The van der Waals surface area contributed by atoms with Crippen LogP contribution in [0.3, 0.4) is 0 Å². The highest BCUT2D eigenvalue weighted by Crippen LogP contribution is 2.48. The average Bonchev–Trinajstić information content (AvgIpc) is 3.61. The van der Waals surface area contributed by atoms with E-state index in [1.807, 2.05) is 4.57 Å². The minimum absolute atomic E-state index is 0.0817. The van der Waals surface area contributed by atoms with Gasteiger partial charge in [-0.1, -0.05) is 55.4 Å². The summed E-state index contributed by atoms with van der Waals surface area (Å²) >= 11 is 0. The second-order valence-corrected chi connectivity index (χ2v) is 22.5. The summed E-state index contributed by atoms with van der Waals surface area (Å²) in [6, 6.07) is 0. The molecule has 2 fully saturated rings. The molecule has 47 heavy (non-hydrogen) atoms. The summed E-state index contributed by atoms with van der Waals surface area (Å²) < 4.78 is 40.1. The summed E-state index contributed by atoms with van der Waals surface area (Å²) in [5.41, 5.74) is 7.28. The van der Waals surface area contributed by atoms with Crippen molar-refractivity contribution in [1.82, 2.24) is 19.5 Å². The standard InChI is InChI=1S/C31H54N6O8Si2/c1-20(2)46(21(3)4)42-16-25-24(44-47(45-46,22(5)6)23(7)8)15-27(43-25)37-18-35-29-30(33-17-34-31(29)37)36-26(38)11-12-28(39)41-19-40-14-10-9-13-32/h17-18,20-25,27H,9-16,19,32H2,1-8H3,(H,33,34,36,38)/t24?,25-,27-/m1/s1. The summed E-state index contributed by atoms with van der Waals surface area (Å²) in [7, 11) is -5.46. The average molecular weight is 695 g/mol. The number of unbranched alkanes of at least 4 members (excludes halogenated alkanes) is 1. The normalized spacial score (nSPS) is 22.5. The number of nitrogens with one attached hydrogen (secondary N) is 1. The molecular formula is C31H54N6O8Si2. The number of nitrogens with two attached hydrogens (primary N) is 1. The van der Waals surface area contributed by atoms with Gasteiger partial charge in [-0.2, -0.15) is 0 Å². The minimum atomic E-state index is -2.78. The van der Waals surface area contributed by atoms with E-state index >= 15 is 0 Å². The zero-order chi connectivity index (χ0) is 34.4. The zero-order valence-electron chi connectivity index (χ0n) is 29.2. The maximum Gasteiger partial charge on any atom is 0.335 e. The van der Waals surface area contributed by atoms with Crippen molar-refractivity contribution >= 4 is 46.0 Å². The van der Waals surface area contributed by atoms with Crippen LogP contribution in [0.1, 0.15) is 93.7 Å². The predicted molar refractivity (Wildman–Crippen MR) is 181 cm³/mol. The van der Waals surface area contributed by atoms with E-state index in [9.17, 15) is 9.59 Å². The van der Waals surface area contributed by atoms with Crippen molar-refractivity contribution in [2.24, 2.45) is 5.73 Å². The zero-order valence-corrected chi connectivity index (χ0v) is 31.2. The summed E-state index contributed by atoms with van der Waals surface area (Å²) in [6.07, 6.45) is 4.13. The number of nitrogens with zero attached hydrogens (tertiary/aromatic N) is 4. The van der Waals surface area contributed by atoms with Gasteiger partial charge in [0.05, 0.1) is 32.1 Å². The van der Waals surface area contributed by atoms with Crippen LogP contribution in [0.4, 0.5) is 5.82 Å². The van der Waals surface area contributed by atoms with Crippen molar-refractivity contribution in [3.63, 3.8) is 0 Å². The number of aromatic nitrogens is 4. The number of ether oxygens (including phenoxy) is 3. The van der Waals surface area contributed by atoms with E-state index in [0.717, 1.165) is 12.8 Å². The number of esters is 1. The first-order valence-electron chi connectivity index (χ1n) is 16.9. The highest BCUT2D eigenvalue weighted by molar-refractivity contribution is 6.84. The van der Waals surface area contributed by atoms with Crippen LogP contribution in [-0.4, -0.2) is 87.3 Å². The van der Waals surface area contributed by atoms with E-state index < -0.39 is 35.2 Å². The van der Waals surface area contributed by atoms with Gasteiger partial charge in [-0.25, -0.2) is 15.0 Å². The Morgan fingerprint density at radius 3 is 2.34 bits per heavy atom. The third-order valence-corrected chi connectivity index (χ3v) is 19.3. The molecule has 14 nitrogen and oxygen atoms in total. The molecule has 0 radical (unpaired) electrons. The van der Waals surface area contributed by atoms with Crippen LogP contribution in [0.2, 0.25) is 22.2 Å². The van der Waals surface area contributed by atoms with Gasteiger partial charge in [0.2, 0.25) is 5.91 Å². The molecule has 1 unspecified atom stereocenters. The Morgan fingerprint density at radius 2 is 1.68 bits per heavy atom. The molecule has 264 valence electrons. The molecule has 0 aromatic carbocycles. The molecule has 0 saturated carbocycles. The lowest BCUT2D eigenvalue weighted by atomic mass is 10.2. The van der Waals surface area contributed by atoms with Crippen molar-refractivity contribution in [2.75, 3.05) is 31.9 Å². The van der Waals surface area contributed by atoms with E-state index in [-0.39, 0.29) is 59.8 Å². The van der Waals surface area contributed by atoms with Gasteiger partial charge in [0.25, 0.3) is 0 Å². The Balaban J connectivity index is 1.46. The first-order valence-corrected chi connectivity index (χ1v) is 20.9.